The van der Waals surface area contributed by atoms with E-state index in [1.807, 2.05) is 5.48 Å². The van der Waals surface area contributed by atoms with E-state index in [1.54, 1.807) is 34.7 Å². The molecular weight excluding hydrogens is 516 g/mol. The number of hydroxylamine groups is 1. The molecule has 0 aliphatic heterocycles. The van der Waals surface area contributed by atoms with Crippen molar-refractivity contribution in [3.05, 3.63) is 0 Å². The highest BCUT2D eigenvalue weighted by atomic mass is 16.7. The molecule has 0 unspecified atom stereocenters. The molecular formula is C22H42N10O7. The molecule has 8 N–H and O–H groups in total. The number of carbonyl (C=O) groups is 6. The number of amides is 7. The number of hydrogen-bond donors (Lipinski definition) is 6. The molecule has 0 aliphatic rings. The number of likely N-dealkylation sites (N-methyl/N-ethyl adjacent to an activating group) is 2. The fourth-order valence-corrected chi connectivity index (χ4v) is 3.09. The molecule has 0 spiro atoms. The molecule has 0 heterocycles. The molecule has 0 aromatic carbocycles. The van der Waals surface area contributed by atoms with E-state index < -0.39 is 41.9 Å². The molecule has 17 heteroatoms. The number of nitrogens with zero attached hydrogens (tertiary/aromatic N) is 4. The van der Waals surface area contributed by atoms with Crippen molar-refractivity contribution >= 4 is 35.8 Å². The first-order chi connectivity index (χ1) is 18.2. The summed E-state index contributed by atoms with van der Waals surface area (Å²) in [6.07, 6.45) is -0.621. The van der Waals surface area contributed by atoms with Gasteiger partial charge >= 0.3 is 12.1 Å². The van der Waals surface area contributed by atoms with Crippen LogP contribution < -0.4 is 33.0 Å². The molecule has 0 aromatic heterocycles. The van der Waals surface area contributed by atoms with Gasteiger partial charge < -0.3 is 42.2 Å². The standard InChI is InChI=1S/C22H42N10O7/c1-13(2)17(28-16(33)12-26-30-24)19(35)27-15(8-7-9-25-21(23)37)18(34)29-39-22(38)32(6)11-10-31(5)20(36)14(3)4/h13-15,17H,7-12H2,1-6H3,(H2,24,26)(H,27,35)(H,28,33)(H,29,34)(H3,23,25,37)/t15-,17-/m0/s1. The van der Waals surface area contributed by atoms with E-state index in [2.05, 4.69) is 26.3 Å². The van der Waals surface area contributed by atoms with Crippen LogP contribution in [-0.2, 0) is 24.0 Å². The SMILES string of the molecule is CC(C)C(=O)N(C)CCN(C)C(=O)ONC(=O)[C@H](CCCNC(N)=O)NC(=O)[C@@H](NC(=O)CN=NN)C(C)C. The maximum atomic E-state index is 12.9. The molecule has 0 saturated heterocycles. The summed E-state index contributed by atoms with van der Waals surface area (Å²) in [5.74, 6) is 2.11. The van der Waals surface area contributed by atoms with Crippen LogP contribution in [0, 0.1) is 11.8 Å². The van der Waals surface area contributed by atoms with Crippen molar-refractivity contribution in [2.24, 2.45) is 33.7 Å². The average Bonchev–Trinajstić information content (AvgIpc) is 2.87. The van der Waals surface area contributed by atoms with Gasteiger partial charge in [0.2, 0.25) is 17.7 Å². The Balaban J connectivity index is 5.23. The highest BCUT2D eigenvalue weighted by molar-refractivity contribution is 5.92. The molecule has 0 rings (SSSR count). The van der Waals surface area contributed by atoms with Gasteiger partial charge in [0.25, 0.3) is 5.91 Å². The molecule has 0 radical (unpaired) electrons. The Bertz CT molecular complexity index is 881. The van der Waals surface area contributed by atoms with Gasteiger partial charge in [0, 0.05) is 39.6 Å². The van der Waals surface area contributed by atoms with Gasteiger partial charge in [-0.2, -0.15) is 10.6 Å². The predicted octanol–water partition coefficient (Wildman–Crippen LogP) is -1.40. The summed E-state index contributed by atoms with van der Waals surface area (Å²) < 4.78 is 0. The Hall–Kier alpha value is -4.18. The van der Waals surface area contributed by atoms with Gasteiger partial charge in [0.05, 0.1) is 0 Å². The Morgan fingerprint density at radius 2 is 1.54 bits per heavy atom. The molecule has 7 amide bonds. The first-order valence-electron chi connectivity index (χ1n) is 12.4. The van der Waals surface area contributed by atoms with Crippen LogP contribution in [0.15, 0.2) is 10.3 Å². The van der Waals surface area contributed by atoms with Crippen molar-refractivity contribution in [2.75, 3.05) is 40.3 Å². The van der Waals surface area contributed by atoms with Crippen molar-refractivity contribution in [1.29, 1.82) is 0 Å². The minimum atomic E-state index is -1.19. The van der Waals surface area contributed by atoms with E-state index in [0.29, 0.717) is 0 Å². The molecule has 0 aromatic rings. The topological polar surface area (TPSA) is 243 Å². The second-order valence-electron chi connectivity index (χ2n) is 9.37. The van der Waals surface area contributed by atoms with Crippen molar-refractivity contribution < 1.29 is 33.6 Å². The molecule has 39 heavy (non-hydrogen) atoms. The van der Waals surface area contributed by atoms with Crippen LogP contribution in [0.2, 0.25) is 0 Å². The molecule has 222 valence electrons. The lowest BCUT2D eigenvalue weighted by Crippen LogP contribution is -2.56. The maximum Gasteiger partial charge on any atom is 0.433 e. The fraction of sp³-hybridized carbons (Fsp3) is 0.727. The molecule has 0 saturated carbocycles. The second kappa shape index (κ2) is 18.1. The number of nitrogens with two attached hydrogens (primary N) is 2. The van der Waals surface area contributed by atoms with Gasteiger partial charge in [0.15, 0.2) is 0 Å². The van der Waals surface area contributed by atoms with Crippen molar-refractivity contribution in [2.45, 2.75) is 52.6 Å². The van der Waals surface area contributed by atoms with Crippen LogP contribution in [0.5, 0.6) is 0 Å². The van der Waals surface area contributed by atoms with Crippen LogP contribution in [0.3, 0.4) is 0 Å². The lowest BCUT2D eigenvalue weighted by Gasteiger charge is -2.25. The number of carbonyl (C=O) groups excluding carboxylic acids is 6. The lowest BCUT2D eigenvalue weighted by molar-refractivity contribution is -0.137. The largest absolute Gasteiger partial charge is 0.433 e. The summed E-state index contributed by atoms with van der Waals surface area (Å²) in [6.45, 7) is 7.01. The molecule has 0 aliphatic carbocycles. The number of primary amides is 1. The normalized spacial score (nSPS) is 12.4. The van der Waals surface area contributed by atoms with E-state index in [1.165, 1.54) is 11.9 Å². The summed E-state index contributed by atoms with van der Waals surface area (Å²) >= 11 is 0. The monoisotopic (exact) mass is 558 g/mol. The molecule has 0 fully saturated rings. The van der Waals surface area contributed by atoms with E-state index in [9.17, 15) is 28.8 Å². The zero-order valence-electron chi connectivity index (χ0n) is 23.4. The van der Waals surface area contributed by atoms with Crippen LogP contribution in [0.25, 0.3) is 0 Å². The highest BCUT2D eigenvalue weighted by Crippen LogP contribution is 2.06. The predicted molar refractivity (Wildman–Crippen MR) is 139 cm³/mol. The number of rotatable bonds is 15. The third-order valence-corrected chi connectivity index (χ3v) is 5.35. The van der Waals surface area contributed by atoms with Gasteiger partial charge in [-0.3, -0.25) is 19.2 Å². The number of urea groups is 1. The average molecular weight is 559 g/mol. The Morgan fingerprint density at radius 3 is 2.08 bits per heavy atom. The summed E-state index contributed by atoms with van der Waals surface area (Å²) in [6, 6.07) is -2.97. The maximum absolute atomic E-state index is 12.9. The van der Waals surface area contributed by atoms with E-state index in [4.69, 9.17) is 16.4 Å². The molecule has 17 nitrogen and oxygen atoms in total. The summed E-state index contributed by atoms with van der Waals surface area (Å²) in [7, 11) is 3.04. The summed E-state index contributed by atoms with van der Waals surface area (Å²) in [5.41, 5.74) is 7.06. The van der Waals surface area contributed by atoms with Crippen molar-refractivity contribution in [3.63, 3.8) is 0 Å². The first kappa shape index (κ1) is 34.8. The number of hydrogen-bond acceptors (Lipinski definition) is 9. The Kier molecular flexibility index (Phi) is 16.2. The van der Waals surface area contributed by atoms with Gasteiger partial charge in [-0.15, -0.1) is 0 Å². The van der Waals surface area contributed by atoms with E-state index >= 15 is 0 Å². The minimum absolute atomic E-state index is 0.0352. The number of nitrogens with one attached hydrogen (secondary N) is 4. The van der Waals surface area contributed by atoms with Gasteiger partial charge in [0.1, 0.15) is 18.6 Å². The summed E-state index contributed by atoms with van der Waals surface area (Å²) in [5, 5.41) is 13.8. The fourth-order valence-electron chi connectivity index (χ4n) is 3.09. The van der Waals surface area contributed by atoms with Crippen LogP contribution >= 0.6 is 0 Å². The molecule has 2 atom stereocenters. The lowest BCUT2D eigenvalue weighted by atomic mass is 10.0. The third kappa shape index (κ3) is 14.4. The van der Waals surface area contributed by atoms with Crippen molar-refractivity contribution in [1.82, 2.24) is 31.2 Å². The molecule has 0 bridgehead atoms. The van der Waals surface area contributed by atoms with E-state index in [-0.39, 0.29) is 56.8 Å². The van der Waals surface area contributed by atoms with Gasteiger partial charge in [-0.1, -0.05) is 32.9 Å². The summed E-state index contributed by atoms with van der Waals surface area (Å²) in [4.78, 5) is 80.5. The Labute approximate surface area is 227 Å². The van der Waals surface area contributed by atoms with Crippen LogP contribution in [-0.4, -0.2) is 97.9 Å². The van der Waals surface area contributed by atoms with E-state index in [0.717, 1.165) is 4.90 Å². The van der Waals surface area contributed by atoms with Crippen LogP contribution in [0.1, 0.15) is 40.5 Å². The first-order valence-corrected chi connectivity index (χ1v) is 12.4. The minimum Gasteiger partial charge on any atom is -0.352 e. The van der Waals surface area contributed by atoms with Gasteiger partial charge in [-0.25, -0.2) is 9.59 Å². The highest BCUT2D eigenvalue weighted by Gasteiger charge is 2.29. The van der Waals surface area contributed by atoms with Crippen LogP contribution in [0.4, 0.5) is 9.59 Å². The Morgan fingerprint density at radius 1 is 0.923 bits per heavy atom. The quantitative estimate of drug-likeness (QED) is 0.0602. The smallest absolute Gasteiger partial charge is 0.352 e. The third-order valence-electron chi connectivity index (χ3n) is 5.35. The van der Waals surface area contributed by atoms with Crippen molar-refractivity contribution in [3.8, 4) is 0 Å². The zero-order chi connectivity index (χ0) is 30.1. The second-order valence-corrected chi connectivity index (χ2v) is 9.37. The zero-order valence-corrected chi connectivity index (χ0v) is 23.4. The van der Waals surface area contributed by atoms with Gasteiger partial charge in [-0.05, 0) is 18.8 Å².